The Kier molecular flexibility index (Phi) is 35.6. The maximum absolute atomic E-state index is 13.6. The van der Waals surface area contributed by atoms with Gasteiger partial charge in [0.25, 0.3) is 40.6 Å². The zero-order valence-electron chi connectivity index (χ0n) is 72.0. The van der Waals surface area contributed by atoms with Crippen molar-refractivity contribution in [3.8, 4) is 0 Å². The number of nitrogens with zero attached hydrogens (tertiary/aromatic N) is 8. The fourth-order valence-electron chi connectivity index (χ4n) is 13.8. The molecule has 15 rings (SSSR count). The fourth-order valence-corrected chi connectivity index (χ4v) is 25.3. The normalized spacial score (nSPS) is 17.5. The number of fused-ring (bicyclic) bond motifs is 7. The average molecular weight is 2070 g/mol. The van der Waals surface area contributed by atoms with Crippen molar-refractivity contribution in [1.82, 2.24) is 29.4 Å². The van der Waals surface area contributed by atoms with Crippen molar-refractivity contribution in [3.63, 3.8) is 0 Å². The molecule has 6 amide bonds. The van der Waals surface area contributed by atoms with E-state index in [9.17, 15) is 38.4 Å². The Bertz CT molecular complexity index is 5520. The number of esters is 2. The zero-order valence-corrected chi connectivity index (χ0v) is 84.9. The van der Waals surface area contributed by atoms with Crippen molar-refractivity contribution in [2.24, 2.45) is 0 Å². The van der Waals surface area contributed by atoms with Gasteiger partial charge in [-0.15, -0.1) is 0 Å². The topological polar surface area (TPSA) is 190 Å². The number of unbranched alkanes of at least 4 members (excludes halogenated alkanes) is 2. The molecule has 0 saturated carbocycles. The zero-order chi connectivity index (χ0) is 89.8. The van der Waals surface area contributed by atoms with Gasteiger partial charge in [-0.1, -0.05) is 296 Å². The number of likely N-dealkylation sites (N-methyl/N-ethyl adjacent to an activating group) is 2. The Labute approximate surface area is 797 Å². The molecule has 4 saturated heterocycles. The van der Waals surface area contributed by atoms with Crippen LogP contribution < -0.4 is 9.80 Å². The number of carbonyl (C=O) groups is 8. The molecule has 32 heteroatoms. The summed E-state index contributed by atoms with van der Waals surface area (Å²) in [6, 6.07) is 51.9. The number of thiocarbonyl (C=S) groups is 4. The van der Waals surface area contributed by atoms with E-state index in [1.807, 2.05) is 60.7 Å². The minimum absolute atomic E-state index is 0. The van der Waals surface area contributed by atoms with Crippen molar-refractivity contribution in [3.05, 3.63) is 219 Å². The monoisotopic (exact) mass is 2070 g/mol. The number of hydrogen-bond donors (Lipinski definition) is 0. The summed E-state index contributed by atoms with van der Waals surface area (Å²) in [6.07, 6.45) is 5.31. The Morgan fingerprint density at radius 2 is 0.936 bits per heavy atom. The largest absolute Gasteiger partial charge is 0.423 e. The molecule has 0 atom stereocenters. The number of rotatable bonds is 20. The van der Waals surface area contributed by atoms with E-state index in [-0.39, 0.29) is 98.3 Å². The van der Waals surface area contributed by atoms with Crippen LogP contribution in [-0.4, -0.2) is 167 Å². The van der Waals surface area contributed by atoms with Gasteiger partial charge in [0.1, 0.15) is 35.2 Å². The third-order valence-electron chi connectivity index (χ3n) is 19.9. The van der Waals surface area contributed by atoms with Crippen LogP contribution in [0.25, 0.3) is 21.5 Å². The third-order valence-corrected chi connectivity index (χ3v) is 31.6. The summed E-state index contributed by atoms with van der Waals surface area (Å²) in [5.74, 6) is -2.82. The molecule has 8 aliphatic rings. The second kappa shape index (κ2) is 44.7. The summed E-state index contributed by atoms with van der Waals surface area (Å²) in [5.41, 5.74) is 5.99. The molecule has 7 aromatic rings. The van der Waals surface area contributed by atoms with E-state index in [0.29, 0.717) is 47.9 Å². The first-order chi connectivity index (χ1) is 59.2. The van der Waals surface area contributed by atoms with Gasteiger partial charge in [-0.05, 0) is 158 Å². The Morgan fingerprint density at radius 3 is 1.42 bits per heavy atom. The van der Waals surface area contributed by atoms with E-state index in [1.165, 1.54) is 73.8 Å². The second-order valence-electron chi connectivity index (χ2n) is 31.4. The van der Waals surface area contributed by atoms with Crippen molar-refractivity contribution in [2.45, 2.75) is 174 Å². The fraction of sp³-hybridized carbons (Fsp3) is 0.344. The summed E-state index contributed by atoms with van der Waals surface area (Å²) in [4.78, 5) is 123. The minimum Gasteiger partial charge on any atom is -0.423 e. The van der Waals surface area contributed by atoms with Gasteiger partial charge >= 0.3 is 49.0 Å². The van der Waals surface area contributed by atoms with Crippen molar-refractivity contribution < 1.29 is 71.9 Å². The van der Waals surface area contributed by atoms with Crippen LogP contribution in [0.15, 0.2) is 221 Å². The van der Waals surface area contributed by atoms with Crippen LogP contribution in [0.3, 0.4) is 0 Å². The third kappa shape index (κ3) is 23.0. The maximum Gasteiger partial charge on any atom is 0.300 e. The van der Waals surface area contributed by atoms with Crippen molar-refractivity contribution in [1.29, 1.82) is 0 Å². The molecule has 8 heterocycles. The molecule has 0 unspecified atom stereocenters. The van der Waals surface area contributed by atoms with Crippen LogP contribution in [0, 0.1) is 0 Å². The molecule has 0 aromatic heterocycles. The SMILES string of the molecule is C.CC(C)(C)c1ccc2c(c1)S/C(=C1/SC(=S)N(CCc3ccccc3)C1=O)S2.CCCCN1C(=O)C(=C2Sc3c(ccc4ccccc34)N2CC)C(=O)N(CCCC)C1=S.CCOC(=O)C1=C(C(=O)OCC)SC(=C2C(=O)N(CC)C(=S)N(CC)C2=O)S1.C[C](C)=[W].C[Si](C)(C)CN1/C(=C2\OC(=S)N(Cc3ccccc3)C2=O)Sc2c1ccc1ccccc21. The summed E-state index contributed by atoms with van der Waals surface area (Å²) in [6.45, 7) is 34.5. The molecule has 4 fully saturated rings. The summed E-state index contributed by atoms with van der Waals surface area (Å²) in [7, 11) is -1.50. The van der Waals surface area contributed by atoms with Gasteiger partial charge < -0.3 is 24.0 Å². The number of amides is 6. The van der Waals surface area contributed by atoms with Gasteiger partial charge in [-0.2, -0.15) is 0 Å². The van der Waals surface area contributed by atoms with E-state index >= 15 is 0 Å². The number of benzene rings is 7. The number of hydrogen-bond acceptors (Lipinski definition) is 24. The molecule has 7 aromatic carbocycles. The predicted octanol–water partition coefficient (Wildman–Crippen LogP) is 21.5. The van der Waals surface area contributed by atoms with Crippen LogP contribution in [0.2, 0.25) is 19.6 Å². The Hall–Kier alpha value is -7.49. The van der Waals surface area contributed by atoms with Gasteiger partial charge in [0, 0.05) is 65.0 Å². The number of thioether (sulfide) groups is 7. The predicted molar refractivity (Wildman–Crippen MR) is 533 cm³/mol. The molecule has 19 nitrogen and oxygen atoms in total. The van der Waals surface area contributed by atoms with Crippen LogP contribution in [0.1, 0.15) is 133 Å². The smallest absolute Gasteiger partial charge is 0.300 e. The van der Waals surface area contributed by atoms with Gasteiger partial charge in [-0.25, -0.2) is 9.59 Å². The number of anilines is 2. The molecular weight excluding hydrogens is 1970 g/mol. The van der Waals surface area contributed by atoms with Gasteiger partial charge in [-0.3, -0.25) is 58.2 Å². The van der Waals surface area contributed by atoms with E-state index in [1.54, 1.807) is 102 Å². The van der Waals surface area contributed by atoms with Crippen LogP contribution in [0.4, 0.5) is 11.4 Å². The average Bonchev–Trinajstić information content (AvgIpc) is 1.64. The van der Waals surface area contributed by atoms with Gasteiger partial charge in [0.2, 0.25) is 5.76 Å². The van der Waals surface area contributed by atoms with Gasteiger partial charge in [0.15, 0.2) is 10.2 Å². The Morgan fingerprint density at radius 1 is 0.472 bits per heavy atom. The summed E-state index contributed by atoms with van der Waals surface area (Å²) < 4.78 is 19.4. The number of ether oxygens (including phenoxy) is 3. The molecule has 8 aliphatic heterocycles. The molecular formula is C93H104N8O11S11SiW. The molecule has 0 N–H and O–H groups in total. The summed E-state index contributed by atoms with van der Waals surface area (Å²) >= 11 is 33.2. The first-order valence-electron chi connectivity index (χ1n) is 41.1. The van der Waals surface area contributed by atoms with Crippen molar-refractivity contribution in [2.75, 3.05) is 68.5 Å². The number of carbonyl (C=O) groups excluding carboxylic acids is 8. The van der Waals surface area contributed by atoms with Crippen LogP contribution in [0.5, 0.6) is 0 Å². The first-order valence-corrected chi connectivity index (χ1v) is 53.6. The Balaban J connectivity index is 0.000000171. The standard InChI is InChI=1S/C25H29N3O2S2.C25H24N2O2S2Si.C22H21NOS4.C17H20N2O6S3.C3H6.CH4.W/c1-4-7-15-27-22(29)20(23(30)28(25(27)31)16-8-5-2)24-26(6-3)19-14-13-17-11-9-10-12-18(17)21(19)32-24;1-32(2,3)16-27-20-14-13-18-11-7-8-12-19(18)22(20)31-24(27)21-23(28)26(25(30)29-21)15-17-9-5-4-6-10-17;1-22(2,3)15-9-10-16-17(13-15)27-20(26-16)18-19(24)23(21(25)28-18)12-11-14-7-5-4-6-8-14;1-5-18-12(20)9(13(21)19(6-2)17(18)26)16-27-10(14(22)24-7-3)11(28-16)15(23)25-8-4;1-3-2;;/h9-14H,4-8,15-16H2,1-3H3;4-14H,15-16H2,1-3H3;4-10,13H,11-12H2,1-3H3;5-8H2,1-4H3;1-2H3;1H4;/b;24-21+;20-18+;;;;. The van der Waals surface area contributed by atoms with Crippen LogP contribution in [-0.2, 0) is 90.3 Å². The minimum atomic E-state index is -1.50. The van der Waals surface area contributed by atoms with E-state index in [4.69, 9.17) is 63.1 Å². The molecule has 0 radical (unpaired) electrons. The first kappa shape index (κ1) is 99.7. The van der Waals surface area contributed by atoms with E-state index in [2.05, 4.69) is 176 Å². The quantitative estimate of drug-likeness (QED) is 0.0230. The summed E-state index contributed by atoms with van der Waals surface area (Å²) in [5, 5.41) is 6.95. The van der Waals surface area contributed by atoms with Crippen molar-refractivity contribution >= 4 is 243 Å². The molecule has 0 bridgehead atoms. The maximum atomic E-state index is 13.6. The second-order valence-corrected chi connectivity index (χ2v) is 49.1. The molecule has 125 heavy (non-hydrogen) atoms. The molecule has 0 aliphatic carbocycles. The van der Waals surface area contributed by atoms with Crippen LogP contribution >= 0.6 is 131 Å². The molecule has 658 valence electrons. The van der Waals surface area contributed by atoms with E-state index in [0.717, 1.165) is 114 Å². The molecule has 0 spiro atoms. The van der Waals surface area contributed by atoms with Gasteiger partial charge in [0.05, 0.1) is 52.7 Å². The van der Waals surface area contributed by atoms with E-state index < -0.39 is 31.8 Å².